The molecule has 52 valence electrons. The normalized spacial score (nSPS) is 11.7. The molecule has 0 radical (unpaired) electrons. The first-order valence-electron chi connectivity index (χ1n) is 3.32. The Bertz CT molecular complexity index is 201. The number of benzene rings is 1. The molecule has 0 heterocycles. The van der Waals surface area contributed by atoms with Crippen molar-refractivity contribution in [3.8, 4) is 0 Å². The highest BCUT2D eigenvalue weighted by molar-refractivity contribution is 7.40. The maximum Gasteiger partial charge on any atom is -0.0256 e. The van der Waals surface area contributed by atoms with Crippen LogP contribution in [0.1, 0.15) is 5.56 Å². The van der Waals surface area contributed by atoms with Crippen LogP contribution in [-0.4, -0.2) is 6.66 Å². The highest BCUT2D eigenvalue weighted by atomic mass is 31.1. The Balaban J connectivity index is 2.67. The summed E-state index contributed by atoms with van der Waals surface area (Å²) in [5.41, 5.74) is 1.29. The third kappa shape index (κ3) is 2.33. The van der Waals surface area contributed by atoms with Crippen LogP contribution in [0.5, 0.6) is 0 Å². The van der Waals surface area contributed by atoms with Gasteiger partial charge in [-0.2, -0.15) is 0 Å². The van der Waals surface area contributed by atoms with Gasteiger partial charge in [-0.1, -0.05) is 42.2 Å². The largest absolute Gasteiger partial charge is 0.102 e. The molecule has 1 aromatic rings. The van der Waals surface area contributed by atoms with Crippen LogP contribution in [0, 0.1) is 0 Å². The topological polar surface area (TPSA) is 0 Å². The summed E-state index contributed by atoms with van der Waals surface area (Å²) < 4.78 is 0. The minimum absolute atomic E-state index is 0.903. The molecule has 0 saturated carbocycles. The SMILES string of the molecule is CP/C=C/c1ccccc1. The third-order valence-corrected chi connectivity index (χ3v) is 1.74. The van der Waals surface area contributed by atoms with Gasteiger partial charge in [-0.15, -0.1) is 8.58 Å². The van der Waals surface area contributed by atoms with E-state index in [0.29, 0.717) is 0 Å². The van der Waals surface area contributed by atoms with Gasteiger partial charge in [0.05, 0.1) is 0 Å². The fraction of sp³-hybridized carbons (Fsp3) is 0.111. The molecule has 0 spiro atoms. The second-order valence-electron chi connectivity index (χ2n) is 2.03. The van der Waals surface area contributed by atoms with Gasteiger partial charge >= 0.3 is 0 Å². The molecule has 1 rings (SSSR count). The molecule has 0 fully saturated rings. The number of hydrogen-bond acceptors (Lipinski definition) is 0. The lowest BCUT2D eigenvalue weighted by Gasteiger charge is -1.88. The molecule has 0 amide bonds. The van der Waals surface area contributed by atoms with Gasteiger partial charge < -0.3 is 0 Å². The second kappa shape index (κ2) is 4.24. The van der Waals surface area contributed by atoms with Gasteiger partial charge in [0.1, 0.15) is 0 Å². The van der Waals surface area contributed by atoms with Gasteiger partial charge in [0, 0.05) is 0 Å². The Labute approximate surface area is 63.8 Å². The molecule has 0 aliphatic heterocycles. The lowest BCUT2D eigenvalue weighted by atomic mass is 10.2. The van der Waals surface area contributed by atoms with Crippen molar-refractivity contribution in [2.45, 2.75) is 0 Å². The van der Waals surface area contributed by atoms with Crippen LogP contribution in [0.25, 0.3) is 6.08 Å². The molecule has 0 N–H and O–H groups in total. The van der Waals surface area contributed by atoms with Crippen molar-refractivity contribution in [1.82, 2.24) is 0 Å². The molecule has 1 atom stereocenters. The van der Waals surface area contributed by atoms with Crippen molar-refractivity contribution in [2.75, 3.05) is 6.66 Å². The first-order chi connectivity index (χ1) is 4.93. The van der Waals surface area contributed by atoms with Crippen LogP contribution in [0.15, 0.2) is 36.1 Å². The lowest BCUT2D eigenvalue weighted by molar-refractivity contribution is 1.67. The van der Waals surface area contributed by atoms with E-state index in [1.54, 1.807) is 0 Å². The van der Waals surface area contributed by atoms with Crippen molar-refractivity contribution >= 4 is 14.7 Å². The molecular weight excluding hydrogens is 139 g/mol. The van der Waals surface area contributed by atoms with E-state index in [2.05, 4.69) is 42.8 Å². The van der Waals surface area contributed by atoms with E-state index in [1.165, 1.54) is 5.56 Å². The monoisotopic (exact) mass is 150 g/mol. The zero-order valence-electron chi connectivity index (χ0n) is 6.04. The fourth-order valence-corrected chi connectivity index (χ4v) is 1.10. The molecule has 1 aromatic carbocycles. The molecule has 1 unspecified atom stereocenters. The van der Waals surface area contributed by atoms with Crippen LogP contribution >= 0.6 is 8.58 Å². The summed E-state index contributed by atoms with van der Waals surface area (Å²) >= 11 is 0. The molecule has 0 nitrogen and oxygen atoms in total. The van der Waals surface area contributed by atoms with E-state index < -0.39 is 0 Å². The van der Waals surface area contributed by atoms with Crippen molar-refractivity contribution in [3.63, 3.8) is 0 Å². The van der Waals surface area contributed by atoms with E-state index in [4.69, 9.17) is 0 Å². The molecule has 0 bridgehead atoms. The quantitative estimate of drug-likeness (QED) is 0.568. The van der Waals surface area contributed by atoms with Crippen LogP contribution in [0.3, 0.4) is 0 Å². The third-order valence-electron chi connectivity index (χ3n) is 1.24. The lowest BCUT2D eigenvalue weighted by Crippen LogP contribution is -1.65. The van der Waals surface area contributed by atoms with Crippen LogP contribution in [0.4, 0.5) is 0 Å². The molecule has 10 heavy (non-hydrogen) atoms. The van der Waals surface area contributed by atoms with Crippen LogP contribution < -0.4 is 0 Å². The van der Waals surface area contributed by atoms with E-state index in [1.807, 2.05) is 6.07 Å². The summed E-state index contributed by atoms with van der Waals surface area (Å²) in [6, 6.07) is 10.4. The second-order valence-corrected chi connectivity index (χ2v) is 2.94. The highest BCUT2D eigenvalue weighted by Gasteiger charge is 1.78. The number of rotatable bonds is 2. The summed E-state index contributed by atoms with van der Waals surface area (Å²) in [6.07, 6.45) is 2.15. The zero-order valence-corrected chi connectivity index (χ0v) is 7.04. The number of hydrogen-bond donors (Lipinski definition) is 0. The Hall–Kier alpha value is -0.610. The average molecular weight is 150 g/mol. The van der Waals surface area contributed by atoms with E-state index in [0.717, 1.165) is 8.58 Å². The minimum Gasteiger partial charge on any atom is -0.102 e. The molecule has 0 aliphatic carbocycles. The average Bonchev–Trinajstić information content (AvgIpc) is 2.03. The molecule has 1 heteroatoms. The summed E-state index contributed by atoms with van der Waals surface area (Å²) in [7, 11) is 0.903. The van der Waals surface area contributed by atoms with E-state index in [9.17, 15) is 0 Å². The summed E-state index contributed by atoms with van der Waals surface area (Å²) in [5.74, 6) is 2.19. The van der Waals surface area contributed by atoms with Gasteiger partial charge in [-0.05, 0) is 12.2 Å². The van der Waals surface area contributed by atoms with Crippen molar-refractivity contribution in [3.05, 3.63) is 41.7 Å². The van der Waals surface area contributed by atoms with Gasteiger partial charge in [0.15, 0.2) is 0 Å². The summed E-state index contributed by atoms with van der Waals surface area (Å²) in [5, 5.41) is 0. The van der Waals surface area contributed by atoms with Crippen molar-refractivity contribution < 1.29 is 0 Å². The van der Waals surface area contributed by atoms with Crippen LogP contribution in [0.2, 0.25) is 0 Å². The highest BCUT2D eigenvalue weighted by Crippen LogP contribution is 2.08. The van der Waals surface area contributed by atoms with E-state index in [-0.39, 0.29) is 0 Å². The van der Waals surface area contributed by atoms with Gasteiger partial charge in [-0.25, -0.2) is 0 Å². The summed E-state index contributed by atoms with van der Waals surface area (Å²) in [4.78, 5) is 0. The van der Waals surface area contributed by atoms with Crippen molar-refractivity contribution in [2.24, 2.45) is 0 Å². The van der Waals surface area contributed by atoms with E-state index >= 15 is 0 Å². The maximum absolute atomic E-state index is 2.19. The standard InChI is InChI=1S/C9H11P/c1-10-8-7-9-5-3-2-4-6-9/h2-8,10H,1H3/b8-7+. The Morgan fingerprint density at radius 2 is 1.90 bits per heavy atom. The van der Waals surface area contributed by atoms with Gasteiger partial charge in [0.25, 0.3) is 0 Å². The summed E-state index contributed by atoms with van der Waals surface area (Å²) in [6.45, 7) is 2.17. The Morgan fingerprint density at radius 1 is 1.20 bits per heavy atom. The molecule has 0 aromatic heterocycles. The zero-order chi connectivity index (χ0) is 7.23. The first kappa shape index (κ1) is 7.50. The predicted molar refractivity (Wildman–Crippen MR) is 49.7 cm³/mol. The van der Waals surface area contributed by atoms with Crippen molar-refractivity contribution in [1.29, 1.82) is 0 Å². The molecular formula is C9H11P. The molecule has 0 aliphatic rings. The predicted octanol–water partition coefficient (Wildman–Crippen LogP) is 2.97. The first-order valence-corrected chi connectivity index (χ1v) is 4.90. The van der Waals surface area contributed by atoms with Gasteiger partial charge in [-0.3, -0.25) is 0 Å². The van der Waals surface area contributed by atoms with Gasteiger partial charge in [0.2, 0.25) is 0 Å². The Kier molecular flexibility index (Phi) is 3.18. The fourth-order valence-electron chi connectivity index (χ4n) is 0.744. The smallest absolute Gasteiger partial charge is 0.0256 e. The molecule has 0 saturated heterocycles. The Morgan fingerprint density at radius 3 is 2.50 bits per heavy atom. The minimum atomic E-state index is 0.903. The van der Waals surface area contributed by atoms with Crippen LogP contribution in [-0.2, 0) is 0 Å². The maximum atomic E-state index is 2.19.